The quantitative estimate of drug-likeness (QED) is 0.639. The average molecular weight is 469 g/mol. The molecule has 174 valence electrons. The van der Waals surface area contributed by atoms with Gasteiger partial charge in [0.05, 0.1) is 28.8 Å². The second-order valence-corrected chi connectivity index (χ2v) is 7.58. The largest absolute Gasteiger partial charge is 0.492 e. The van der Waals surface area contributed by atoms with Crippen LogP contribution in [0.3, 0.4) is 0 Å². The molecule has 0 spiro atoms. The van der Waals surface area contributed by atoms with Crippen LogP contribution in [0.2, 0.25) is 0 Å². The first kappa shape index (κ1) is 24.4. The Hall–Kier alpha value is -3.28. The van der Waals surface area contributed by atoms with Crippen LogP contribution in [0.4, 0.5) is 26.3 Å². The van der Waals surface area contributed by atoms with Crippen LogP contribution in [-0.4, -0.2) is 36.1 Å². The molecule has 1 saturated heterocycles. The maximum atomic E-state index is 13.4. The highest BCUT2D eigenvalue weighted by Crippen LogP contribution is 2.40. The average Bonchev–Trinajstić information content (AvgIpc) is 3.19. The van der Waals surface area contributed by atoms with Gasteiger partial charge in [0.1, 0.15) is 12.4 Å². The molecule has 0 aliphatic carbocycles. The molecule has 2 aromatic rings. The van der Waals surface area contributed by atoms with Gasteiger partial charge in [-0.15, -0.1) is 0 Å². The summed E-state index contributed by atoms with van der Waals surface area (Å²) in [7, 11) is 0. The Kier molecular flexibility index (Phi) is 6.86. The van der Waals surface area contributed by atoms with Gasteiger partial charge in [0, 0.05) is 18.0 Å². The van der Waals surface area contributed by atoms with E-state index < -0.39 is 47.6 Å². The van der Waals surface area contributed by atoms with Gasteiger partial charge in [0.2, 0.25) is 0 Å². The summed E-state index contributed by atoms with van der Waals surface area (Å²) in [6.45, 7) is -0.119. The van der Waals surface area contributed by atoms with Crippen molar-refractivity contribution < 1.29 is 36.2 Å². The number of nitriles is 2. The van der Waals surface area contributed by atoms with Crippen LogP contribution in [0.15, 0.2) is 42.5 Å². The van der Waals surface area contributed by atoms with Crippen molar-refractivity contribution in [1.82, 2.24) is 5.32 Å². The van der Waals surface area contributed by atoms with Gasteiger partial charge in [-0.25, -0.2) is 0 Å². The van der Waals surface area contributed by atoms with Crippen molar-refractivity contribution in [2.45, 2.75) is 42.9 Å². The van der Waals surface area contributed by atoms with E-state index in [-0.39, 0.29) is 18.6 Å². The second-order valence-electron chi connectivity index (χ2n) is 7.58. The Bertz CT molecular complexity index is 1070. The number of nitrogens with zero attached hydrogens (tertiary/aromatic N) is 2. The highest BCUT2D eigenvalue weighted by molar-refractivity contribution is 5.44. The van der Waals surface area contributed by atoms with E-state index in [1.807, 2.05) is 6.07 Å². The number of rotatable bonds is 5. The summed E-state index contributed by atoms with van der Waals surface area (Å²) in [6, 6.07) is 9.76. The Labute approximate surface area is 184 Å². The van der Waals surface area contributed by atoms with E-state index in [4.69, 9.17) is 15.3 Å². The first-order valence-corrected chi connectivity index (χ1v) is 9.69. The molecule has 1 fully saturated rings. The summed E-state index contributed by atoms with van der Waals surface area (Å²) in [5.41, 5.74) is -1.59. The Morgan fingerprint density at radius 3 is 2.24 bits per heavy atom. The fourth-order valence-electron chi connectivity index (χ4n) is 3.83. The molecule has 0 bridgehead atoms. The van der Waals surface area contributed by atoms with E-state index in [0.29, 0.717) is 17.4 Å². The Balaban J connectivity index is 1.86. The normalized spacial score (nSPS) is 21.8. The number of aliphatic hydroxyl groups is 1. The molecular formula is C22H17F6N3O2. The number of halogens is 6. The summed E-state index contributed by atoms with van der Waals surface area (Å²) in [5, 5.41) is 30.3. The third-order valence-electron chi connectivity index (χ3n) is 5.41. The molecule has 5 nitrogen and oxygen atoms in total. The van der Waals surface area contributed by atoms with E-state index in [9.17, 15) is 31.4 Å². The summed E-state index contributed by atoms with van der Waals surface area (Å²) >= 11 is 0. The number of hydrogen-bond donors (Lipinski definition) is 2. The minimum absolute atomic E-state index is 0.0444. The smallest absolute Gasteiger partial charge is 0.417 e. The molecule has 11 heteroatoms. The van der Waals surface area contributed by atoms with Crippen LogP contribution < -0.4 is 10.1 Å². The molecule has 2 N–H and O–H groups in total. The summed E-state index contributed by atoms with van der Waals surface area (Å²) < 4.78 is 85.4. The lowest BCUT2D eigenvalue weighted by molar-refractivity contribution is -0.212. The van der Waals surface area contributed by atoms with Crippen molar-refractivity contribution in [1.29, 1.82) is 10.5 Å². The number of benzene rings is 2. The Morgan fingerprint density at radius 1 is 1.03 bits per heavy atom. The molecule has 0 radical (unpaired) electrons. The lowest BCUT2D eigenvalue weighted by Gasteiger charge is -2.27. The highest BCUT2D eigenvalue weighted by Gasteiger charge is 2.50. The van der Waals surface area contributed by atoms with Gasteiger partial charge in [-0.1, -0.05) is 6.07 Å². The first-order valence-electron chi connectivity index (χ1n) is 9.69. The fourth-order valence-corrected chi connectivity index (χ4v) is 3.83. The first-order chi connectivity index (χ1) is 15.4. The third-order valence-corrected chi connectivity index (χ3v) is 5.41. The van der Waals surface area contributed by atoms with Gasteiger partial charge >= 0.3 is 12.4 Å². The molecule has 4 atom stereocenters. The molecule has 2 aromatic carbocycles. The van der Waals surface area contributed by atoms with Gasteiger partial charge in [0.25, 0.3) is 0 Å². The molecule has 0 aromatic heterocycles. The van der Waals surface area contributed by atoms with E-state index in [1.54, 1.807) is 0 Å². The minimum atomic E-state index is -5.00. The van der Waals surface area contributed by atoms with Crippen molar-refractivity contribution in [2.75, 3.05) is 6.61 Å². The summed E-state index contributed by atoms with van der Waals surface area (Å²) in [5.74, 6) is -0.769. The number of nitrogens with one attached hydrogen (secondary N) is 1. The topological polar surface area (TPSA) is 89.1 Å². The van der Waals surface area contributed by atoms with Gasteiger partial charge in [0.15, 0.2) is 6.10 Å². The van der Waals surface area contributed by atoms with Crippen molar-refractivity contribution in [3.63, 3.8) is 0 Å². The lowest BCUT2D eigenvalue weighted by Crippen LogP contribution is -2.49. The highest BCUT2D eigenvalue weighted by atomic mass is 19.4. The van der Waals surface area contributed by atoms with Crippen LogP contribution in [-0.2, 0) is 6.18 Å². The number of aliphatic hydroxyl groups excluding tert-OH is 1. The Morgan fingerprint density at radius 2 is 1.70 bits per heavy atom. The van der Waals surface area contributed by atoms with E-state index in [2.05, 4.69) is 5.32 Å². The van der Waals surface area contributed by atoms with Crippen LogP contribution in [0.5, 0.6) is 5.75 Å². The maximum absolute atomic E-state index is 13.4. The number of hydrogen-bond acceptors (Lipinski definition) is 5. The summed E-state index contributed by atoms with van der Waals surface area (Å²) in [4.78, 5) is 0. The van der Waals surface area contributed by atoms with Crippen molar-refractivity contribution >= 4 is 0 Å². The number of alkyl halides is 6. The maximum Gasteiger partial charge on any atom is 0.417 e. The zero-order valence-electron chi connectivity index (χ0n) is 16.8. The van der Waals surface area contributed by atoms with Gasteiger partial charge in [-0.05, 0) is 48.4 Å². The van der Waals surface area contributed by atoms with E-state index in [0.717, 1.165) is 6.07 Å². The van der Waals surface area contributed by atoms with Crippen LogP contribution >= 0.6 is 0 Å². The molecular weight excluding hydrogens is 452 g/mol. The molecule has 1 heterocycles. The molecule has 1 unspecified atom stereocenters. The predicted molar refractivity (Wildman–Crippen MR) is 103 cm³/mol. The standard InChI is InChI=1S/C22H17F6N3O2/c23-21(24,25)18-7-13(3-4-14(18)10-30)17-8-15(31-19(17)20(32)22(26,27)28)11-33-16-5-1-12(9-29)2-6-16/h1-7,15,17,19-20,31-32H,8,11H2/t15-,17?,19+,20+/m0/s1. The fraction of sp³-hybridized carbons (Fsp3) is 0.364. The second kappa shape index (κ2) is 9.30. The molecule has 1 aliphatic rings. The van der Waals surface area contributed by atoms with Crippen molar-refractivity contribution in [2.24, 2.45) is 0 Å². The summed E-state index contributed by atoms with van der Waals surface area (Å²) in [6.07, 6.45) is -12.7. The van der Waals surface area contributed by atoms with Crippen molar-refractivity contribution in [3.05, 3.63) is 64.7 Å². The molecule has 1 aliphatic heterocycles. The third kappa shape index (κ3) is 5.56. The molecule has 33 heavy (non-hydrogen) atoms. The molecule has 0 amide bonds. The SMILES string of the molecule is N#Cc1ccc(OC[C@@H]2CC(c3ccc(C#N)c(C(F)(F)F)c3)[C@H]([C@@H](O)C(F)(F)F)N2)cc1. The van der Waals surface area contributed by atoms with Crippen LogP contribution in [0.1, 0.15) is 34.6 Å². The van der Waals surface area contributed by atoms with Crippen LogP contribution in [0, 0.1) is 22.7 Å². The zero-order chi connectivity index (χ0) is 24.4. The van der Waals surface area contributed by atoms with Gasteiger partial charge < -0.3 is 15.2 Å². The number of ether oxygens (including phenoxy) is 1. The predicted octanol–water partition coefficient (Wildman–Crippen LogP) is 4.27. The van der Waals surface area contributed by atoms with Crippen molar-refractivity contribution in [3.8, 4) is 17.9 Å². The molecule has 3 rings (SSSR count). The zero-order valence-corrected chi connectivity index (χ0v) is 16.8. The minimum Gasteiger partial charge on any atom is -0.492 e. The van der Waals surface area contributed by atoms with E-state index >= 15 is 0 Å². The van der Waals surface area contributed by atoms with Gasteiger partial charge in [-0.3, -0.25) is 0 Å². The lowest BCUT2D eigenvalue weighted by atomic mass is 9.86. The monoisotopic (exact) mass is 469 g/mol. The van der Waals surface area contributed by atoms with E-state index in [1.165, 1.54) is 36.4 Å². The van der Waals surface area contributed by atoms with Crippen LogP contribution in [0.25, 0.3) is 0 Å². The van der Waals surface area contributed by atoms with Gasteiger partial charge in [-0.2, -0.15) is 36.9 Å². The molecule has 0 saturated carbocycles.